The lowest BCUT2D eigenvalue weighted by Gasteiger charge is -2.13. The van der Waals surface area contributed by atoms with Gasteiger partial charge in [0.25, 0.3) is 0 Å². The molecule has 1 atom stereocenters. The minimum atomic E-state index is -0.163. The fourth-order valence-electron chi connectivity index (χ4n) is 2.51. The molecule has 3 aromatic rings. The highest BCUT2D eigenvalue weighted by Gasteiger charge is 2.15. The largest absolute Gasteiger partial charge is 0.343 e. The first-order chi connectivity index (χ1) is 12.3. The molecule has 25 heavy (non-hydrogen) atoms. The normalized spacial score (nSPS) is 12.2. The van der Waals surface area contributed by atoms with Crippen molar-refractivity contribution in [3.63, 3.8) is 0 Å². The minimum absolute atomic E-state index is 0.159. The minimum Gasteiger partial charge on any atom is -0.343 e. The van der Waals surface area contributed by atoms with Crippen LogP contribution in [0.2, 0.25) is 0 Å². The van der Waals surface area contributed by atoms with Gasteiger partial charge in [0.2, 0.25) is 5.91 Å². The summed E-state index contributed by atoms with van der Waals surface area (Å²) < 4.78 is 0. The lowest BCUT2D eigenvalue weighted by molar-refractivity contribution is -0.117. The van der Waals surface area contributed by atoms with E-state index in [1.807, 2.05) is 49.4 Å². The van der Waals surface area contributed by atoms with E-state index in [-0.39, 0.29) is 11.9 Å². The summed E-state index contributed by atoms with van der Waals surface area (Å²) in [5.41, 5.74) is 2.89. The zero-order chi connectivity index (χ0) is 17.5. The molecule has 0 aliphatic heterocycles. The van der Waals surface area contributed by atoms with Crippen molar-refractivity contribution in [3.05, 3.63) is 78.5 Å². The summed E-state index contributed by atoms with van der Waals surface area (Å²) in [7, 11) is 0. The zero-order valence-electron chi connectivity index (χ0n) is 14.0. The van der Waals surface area contributed by atoms with E-state index in [0.29, 0.717) is 0 Å². The van der Waals surface area contributed by atoms with Gasteiger partial charge in [-0.05, 0) is 29.7 Å². The smallest absolute Gasteiger partial charge is 0.244 e. The van der Waals surface area contributed by atoms with Crippen molar-refractivity contribution in [1.82, 2.24) is 20.3 Å². The molecule has 2 heterocycles. The monoisotopic (exact) mass is 332 g/mol. The van der Waals surface area contributed by atoms with Crippen LogP contribution in [0.25, 0.3) is 17.3 Å². The summed E-state index contributed by atoms with van der Waals surface area (Å²) in [6.07, 6.45) is 9.21. The van der Waals surface area contributed by atoms with E-state index in [2.05, 4.69) is 20.3 Å². The molecule has 0 saturated carbocycles. The quantitative estimate of drug-likeness (QED) is 0.675. The molecule has 0 saturated heterocycles. The molecule has 0 aliphatic rings. The van der Waals surface area contributed by atoms with E-state index < -0.39 is 0 Å². The van der Waals surface area contributed by atoms with Crippen LogP contribution in [0, 0.1) is 0 Å². The molecule has 3 rings (SSSR count). The van der Waals surface area contributed by atoms with Gasteiger partial charge in [0.15, 0.2) is 0 Å². The van der Waals surface area contributed by atoms with Crippen molar-refractivity contribution in [3.8, 4) is 11.3 Å². The number of benzene rings is 1. The van der Waals surface area contributed by atoms with Crippen molar-refractivity contribution < 1.29 is 4.79 Å². The Morgan fingerprint density at radius 1 is 1.20 bits per heavy atom. The number of rotatable bonds is 6. The van der Waals surface area contributed by atoms with E-state index in [9.17, 15) is 4.79 Å². The number of H-pyrrole nitrogens is 1. The van der Waals surface area contributed by atoms with Gasteiger partial charge in [0.1, 0.15) is 5.82 Å². The Morgan fingerprint density at radius 3 is 2.76 bits per heavy atom. The topological polar surface area (TPSA) is 70.7 Å². The Hall–Kier alpha value is -3.21. The molecule has 126 valence electrons. The first kappa shape index (κ1) is 16.6. The Labute approximate surface area is 146 Å². The van der Waals surface area contributed by atoms with Gasteiger partial charge in [-0.3, -0.25) is 9.78 Å². The van der Waals surface area contributed by atoms with Gasteiger partial charge in [-0.1, -0.05) is 43.3 Å². The predicted molar refractivity (Wildman–Crippen MR) is 98.5 cm³/mol. The molecule has 0 unspecified atom stereocenters. The second-order valence-corrected chi connectivity index (χ2v) is 5.64. The molecule has 2 aromatic heterocycles. The summed E-state index contributed by atoms with van der Waals surface area (Å²) in [4.78, 5) is 23.9. The molecule has 5 nitrogen and oxygen atoms in total. The number of carbonyl (C=O) groups is 1. The number of aromatic amines is 1. The third-order valence-corrected chi connectivity index (χ3v) is 3.85. The standard InChI is InChI=1S/C20H20N4O/c1-2-17(23-19(25)11-10-15-7-6-12-21-13-15)20-22-14-18(24-20)16-8-4-3-5-9-16/h3-14,17H,2H2,1H3,(H,22,24)(H,23,25)/b11-10-/t17-/m0/s1. The number of aromatic nitrogens is 3. The second kappa shape index (κ2) is 8.06. The summed E-state index contributed by atoms with van der Waals surface area (Å²) >= 11 is 0. The number of hydrogen-bond acceptors (Lipinski definition) is 3. The van der Waals surface area contributed by atoms with Crippen molar-refractivity contribution in [2.45, 2.75) is 19.4 Å². The van der Waals surface area contributed by atoms with Crippen LogP contribution in [-0.4, -0.2) is 20.9 Å². The van der Waals surface area contributed by atoms with Crippen molar-refractivity contribution in [2.75, 3.05) is 0 Å². The molecule has 0 fully saturated rings. The van der Waals surface area contributed by atoms with Gasteiger partial charge in [-0.25, -0.2) is 4.98 Å². The highest BCUT2D eigenvalue weighted by atomic mass is 16.1. The first-order valence-corrected chi connectivity index (χ1v) is 8.25. The fraction of sp³-hybridized carbons (Fsp3) is 0.150. The molecular formula is C20H20N4O. The lowest BCUT2D eigenvalue weighted by atomic mass is 10.2. The predicted octanol–water partition coefficient (Wildman–Crippen LogP) is 3.75. The van der Waals surface area contributed by atoms with Gasteiger partial charge in [-0.2, -0.15) is 0 Å². The summed E-state index contributed by atoms with van der Waals surface area (Å²) in [5, 5.41) is 2.98. The Morgan fingerprint density at radius 2 is 2.04 bits per heavy atom. The molecule has 5 heteroatoms. The first-order valence-electron chi connectivity index (χ1n) is 8.25. The number of nitrogens with one attached hydrogen (secondary N) is 2. The average Bonchev–Trinajstić information content (AvgIpc) is 3.16. The van der Waals surface area contributed by atoms with Crippen molar-refractivity contribution in [1.29, 1.82) is 0 Å². The van der Waals surface area contributed by atoms with E-state index in [0.717, 1.165) is 29.1 Å². The van der Waals surface area contributed by atoms with Gasteiger partial charge < -0.3 is 10.3 Å². The third-order valence-electron chi connectivity index (χ3n) is 3.85. The van der Waals surface area contributed by atoms with Gasteiger partial charge in [0.05, 0.1) is 17.9 Å². The van der Waals surface area contributed by atoms with Crippen molar-refractivity contribution >= 4 is 12.0 Å². The number of pyridine rings is 1. The molecule has 0 aliphatic carbocycles. The average molecular weight is 332 g/mol. The van der Waals surface area contributed by atoms with Crippen LogP contribution >= 0.6 is 0 Å². The maximum Gasteiger partial charge on any atom is 0.244 e. The molecule has 0 spiro atoms. The summed E-state index contributed by atoms with van der Waals surface area (Å²) in [6, 6.07) is 13.6. The Balaban J connectivity index is 1.67. The molecule has 0 radical (unpaired) electrons. The number of nitrogens with zero attached hydrogens (tertiary/aromatic N) is 2. The van der Waals surface area contributed by atoms with E-state index >= 15 is 0 Å². The number of carbonyl (C=O) groups excluding carboxylic acids is 1. The Bertz CT molecular complexity index is 840. The van der Waals surface area contributed by atoms with Crippen LogP contribution in [0.1, 0.15) is 30.8 Å². The Kier molecular flexibility index (Phi) is 5.36. The summed E-state index contributed by atoms with van der Waals surface area (Å²) in [6.45, 7) is 2.01. The maximum absolute atomic E-state index is 12.2. The maximum atomic E-state index is 12.2. The van der Waals surface area contributed by atoms with E-state index in [1.165, 1.54) is 6.08 Å². The molecule has 1 aromatic carbocycles. The van der Waals surface area contributed by atoms with E-state index in [1.54, 1.807) is 24.7 Å². The number of imidazole rings is 1. The highest BCUT2D eigenvalue weighted by Crippen LogP contribution is 2.20. The number of amides is 1. The molecular weight excluding hydrogens is 312 g/mol. The van der Waals surface area contributed by atoms with Crippen molar-refractivity contribution in [2.24, 2.45) is 0 Å². The van der Waals surface area contributed by atoms with Crippen LogP contribution in [-0.2, 0) is 4.79 Å². The third kappa shape index (κ3) is 4.41. The van der Waals surface area contributed by atoms with E-state index in [4.69, 9.17) is 0 Å². The summed E-state index contributed by atoms with van der Waals surface area (Å²) in [5.74, 6) is 0.595. The second-order valence-electron chi connectivity index (χ2n) is 5.64. The van der Waals surface area contributed by atoms with Gasteiger partial charge in [-0.15, -0.1) is 0 Å². The molecule has 2 N–H and O–H groups in total. The SMILES string of the molecule is CC[C@H](NC(=O)/C=C\c1cccnc1)c1ncc(-c2ccccc2)[nH]1. The van der Waals surface area contributed by atoms with Crippen LogP contribution in [0.15, 0.2) is 67.1 Å². The van der Waals surface area contributed by atoms with Crippen LogP contribution in [0.3, 0.4) is 0 Å². The highest BCUT2D eigenvalue weighted by molar-refractivity contribution is 5.91. The molecule has 1 amide bonds. The van der Waals surface area contributed by atoms with Crippen LogP contribution in [0.5, 0.6) is 0 Å². The molecule has 0 bridgehead atoms. The van der Waals surface area contributed by atoms with Gasteiger partial charge in [0, 0.05) is 18.5 Å². The zero-order valence-corrected chi connectivity index (χ0v) is 14.0. The lowest BCUT2D eigenvalue weighted by Crippen LogP contribution is -2.27. The van der Waals surface area contributed by atoms with Gasteiger partial charge >= 0.3 is 0 Å². The fourth-order valence-corrected chi connectivity index (χ4v) is 2.51. The number of hydrogen-bond donors (Lipinski definition) is 2. The van der Waals surface area contributed by atoms with Crippen LogP contribution in [0.4, 0.5) is 0 Å². The van der Waals surface area contributed by atoms with Crippen LogP contribution < -0.4 is 5.32 Å².